The van der Waals surface area contributed by atoms with Crippen molar-refractivity contribution < 1.29 is 23.4 Å². The zero-order valence-corrected chi connectivity index (χ0v) is 14.0. The van der Waals surface area contributed by atoms with E-state index < -0.39 is 29.0 Å². The Morgan fingerprint density at radius 3 is 2.23 bits per heavy atom. The van der Waals surface area contributed by atoms with Crippen LogP contribution in [0.15, 0.2) is 35.7 Å². The third-order valence-electron chi connectivity index (χ3n) is 4.48. The zero-order valence-electron chi connectivity index (χ0n) is 13.2. The summed E-state index contributed by atoms with van der Waals surface area (Å²) in [6.45, 7) is 0. The minimum absolute atomic E-state index is 0.0870. The number of fused-ring (bicyclic) bond motifs is 1. The topological polar surface area (TPSA) is 66.5 Å². The highest BCUT2D eigenvalue weighted by Gasteiger charge is 2.31. The fourth-order valence-corrected chi connectivity index (χ4v) is 3.93. The van der Waals surface area contributed by atoms with E-state index in [1.54, 1.807) is 11.4 Å². The maximum Gasteiger partial charge on any atom is 0.200 e. The van der Waals surface area contributed by atoms with E-state index in [4.69, 9.17) is 5.73 Å². The molecule has 1 aliphatic carbocycles. The van der Waals surface area contributed by atoms with Crippen molar-refractivity contribution in [1.82, 2.24) is 0 Å². The Kier molecular flexibility index (Phi) is 3.69. The molecule has 0 aliphatic heterocycles. The minimum Gasteiger partial charge on any atom is -0.505 e. The number of thiophene rings is 1. The maximum atomic E-state index is 14.7. The number of benzene rings is 2. The van der Waals surface area contributed by atoms with Crippen LogP contribution in [-0.2, 0) is 6.42 Å². The summed E-state index contributed by atoms with van der Waals surface area (Å²) in [5.74, 6) is -4.76. The van der Waals surface area contributed by atoms with Gasteiger partial charge < -0.3 is 15.9 Å². The van der Waals surface area contributed by atoms with Gasteiger partial charge >= 0.3 is 0 Å². The SMILES string of the molecule is Nc1sccc1C1=C(c2ccc(O)c(F)c2F)Cc2ccc(O)c(F)c21. The lowest BCUT2D eigenvalue weighted by Crippen LogP contribution is -1.97. The van der Waals surface area contributed by atoms with Crippen molar-refractivity contribution in [3.05, 3.63) is 75.4 Å². The van der Waals surface area contributed by atoms with Crippen molar-refractivity contribution in [2.45, 2.75) is 6.42 Å². The number of phenolic OH excluding ortho intramolecular Hbond substituents is 2. The smallest absolute Gasteiger partial charge is 0.200 e. The molecule has 0 saturated carbocycles. The summed E-state index contributed by atoms with van der Waals surface area (Å²) in [4.78, 5) is 0. The number of phenols is 2. The van der Waals surface area contributed by atoms with Crippen LogP contribution in [-0.4, -0.2) is 10.2 Å². The van der Waals surface area contributed by atoms with E-state index in [0.717, 1.165) is 6.07 Å². The number of hydrogen-bond donors (Lipinski definition) is 3. The number of rotatable bonds is 2. The number of hydrogen-bond acceptors (Lipinski definition) is 4. The third kappa shape index (κ3) is 2.28. The van der Waals surface area contributed by atoms with E-state index in [0.29, 0.717) is 27.3 Å². The molecule has 0 saturated heterocycles. The Labute approximate surface area is 150 Å². The Bertz CT molecular complexity index is 1090. The van der Waals surface area contributed by atoms with Crippen LogP contribution in [0.25, 0.3) is 11.1 Å². The van der Waals surface area contributed by atoms with E-state index in [2.05, 4.69) is 0 Å². The number of nitrogens with two attached hydrogens (primary N) is 1. The van der Waals surface area contributed by atoms with Crippen molar-refractivity contribution in [2.75, 3.05) is 5.73 Å². The number of halogens is 3. The fraction of sp³-hybridized carbons (Fsp3) is 0.0526. The van der Waals surface area contributed by atoms with Gasteiger partial charge in [-0.15, -0.1) is 11.3 Å². The quantitative estimate of drug-likeness (QED) is 0.610. The summed E-state index contributed by atoms with van der Waals surface area (Å²) in [5, 5.41) is 21.2. The van der Waals surface area contributed by atoms with Crippen LogP contribution in [0.5, 0.6) is 11.5 Å². The van der Waals surface area contributed by atoms with E-state index in [-0.39, 0.29) is 17.5 Å². The largest absolute Gasteiger partial charge is 0.505 e. The summed E-state index contributed by atoms with van der Waals surface area (Å²) >= 11 is 1.23. The molecule has 132 valence electrons. The molecule has 0 amide bonds. The normalized spacial score (nSPS) is 13.3. The first kappa shape index (κ1) is 16.5. The predicted octanol–water partition coefficient (Wildman–Crippen LogP) is 4.67. The van der Waals surface area contributed by atoms with Crippen molar-refractivity contribution in [3.8, 4) is 11.5 Å². The Balaban J connectivity index is 2.07. The summed E-state index contributed by atoms with van der Waals surface area (Å²) in [6.07, 6.45) is 0.137. The molecule has 0 atom stereocenters. The van der Waals surface area contributed by atoms with Crippen LogP contribution in [0.2, 0.25) is 0 Å². The van der Waals surface area contributed by atoms with Gasteiger partial charge in [0.05, 0.1) is 5.00 Å². The molecule has 26 heavy (non-hydrogen) atoms. The van der Waals surface area contributed by atoms with Crippen LogP contribution >= 0.6 is 11.3 Å². The molecule has 0 radical (unpaired) electrons. The first-order chi connectivity index (χ1) is 12.4. The molecular formula is C19H12F3NO2S. The highest BCUT2D eigenvalue weighted by molar-refractivity contribution is 7.14. The molecule has 0 fully saturated rings. The number of aromatic hydroxyl groups is 2. The second kappa shape index (κ2) is 5.81. The molecule has 1 heterocycles. The standard InChI is InChI=1S/C19H12F3NO2S/c20-16-9(2-4-13(25)18(16)22)11-7-8-1-3-12(24)17(21)14(8)15(11)10-5-6-26-19(10)23/h1-6,24-25H,7,23H2. The van der Waals surface area contributed by atoms with Crippen molar-refractivity contribution in [2.24, 2.45) is 0 Å². The second-order valence-electron chi connectivity index (χ2n) is 5.92. The van der Waals surface area contributed by atoms with Gasteiger partial charge in [0, 0.05) is 16.7 Å². The molecule has 0 unspecified atom stereocenters. The molecule has 3 aromatic rings. The Hall–Kier alpha value is -2.93. The maximum absolute atomic E-state index is 14.7. The van der Waals surface area contributed by atoms with E-state index >= 15 is 0 Å². The van der Waals surface area contributed by atoms with Gasteiger partial charge in [-0.2, -0.15) is 4.39 Å². The van der Waals surface area contributed by atoms with Crippen LogP contribution < -0.4 is 5.73 Å². The van der Waals surface area contributed by atoms with Crippen molar-refractivity contribution in [1.29, 1.82) is 0 Å². The van der Waals surface area contributed by atoms with Gasteiger partial charge in [0.1, 0.15) is 0 Å². The molecular weight excluding hydrogens is 363 g/mol. The molecule has 0 bridgehead atoms. The van der Waals surface area contributed by atoms with Gasteiger partial charge in [-0.1, -0.05) is 6.07 Å². The molecule has 0 spiro atoms. The van der Waals surface area contributed by atoms with Gasteiger partial charge in [-0.3, -0.25) is 0 Å². The molecule has 3 nitrogen and oxygen atoms in total. The van der Waals surface area contributed by atoms with Gasteiger partial charge in [0.25, 0.3) is 0 Å². The Morgan fingerprint density at radius 1 is 0.846 bits per heavy atom. The summed E-state index contributed by atoms with van der Waals surface area (Å²) < 4.78 is 43.1. The molecule has 4 rings (SSSR count). The molecule has 4 N–H and O–H groups in total. The highest BCUT2D eigenvalue weighted by Crippen LogP contribution is 2.48. The van der Waals surface area contributed by atoms with Gasteiger partial charge in [0.2, 0.25) is 5.82 Å². The number of nitrogen functional groups attached to an aromatic ring is 1. The van der Waals surface area contributed by atoms with Crippen LogP contribution in [0.3, 0.4) is 0 Å². The van der Waals surface area contributed by atoms with Gasteiger partial charge in [0.15, 0.2) is 23.1 Å². The molecule has 1 aliphatic rings. The second-order valence-corrected chi connectivity index (χ2v) is 6.87. The van der Waals surface area contributed by atoms with Crippen LogP contribution in [0.1, 0.15) is 22.3 Å². The zero-order chi connectivity index (χ0) is 18.6. The third-order valence-corrected chi connectivity index (χ3v) is 5.22. The predicted molar refractivity (Wildman–Crippen MR) is 94.4 cm³/mol. The monoisotopic (exact) mass is 375 g/mol. The van der Waals surface area contributed by atoms with Crippen LogP contribution in [0.4, 0.5) is 18.2 Å². The average Bonchev–Trinajstić information content (AvgIpc) is 3.19. The van der Waals surface area contributed by atoms with E-state index in [1.165, 1.54) is 29.5 Å². The lowest BCUT2D eigenvalue weighted by Gasteiger charge is -2.11. The van der Waals surface area contributed by atoms with Gasteiger partial charge in [-0.25, -0.2) is 8.78 Å². The first-order valence-electron chi connectivity index (χ1n) is 7.64. The molecule has 1 aromatic heterocycles. The Morgan fingerprint density at radius 2 is 1.54 bits per heavy atom. The van der Waals surface area contributed by atoms with Crippen molar-refractivity contribution >= 4 is 27.5 Å². The van der Waals surface area contributed by atoms with Crippen LogP contribution in [0, 0.1) is 17.5 Å². The lowest BCUT2D eigenvalue weighted by molar-refractivity contribution is 0.406. The number of allylic oxidation sites excluding steroid dienone is 1. The van der Waals surface area contributed by atoms with E-state index in [9.17, 15) is 23.4 Å². The minimum atomic E-state index is -1.37. The first-order valence-corrected chi connectivity index (χ1v) is 8.52. The average molecular weight is 375 g/mol. The van der Waals surface area contributed by atoms with Gasteiger partial charge in [-0.05, 0) is 52.8 Å². The molecule has 7 heteroatoms. The molecule has 2 aromatic carbocycles. The van der Waals surface area contributed by atoms with Crippen molar-refractivity contribution in [3.63, 3.8) is 0 Å². The highest BCUT2D eigenvalue weighted by atomic mass is 32.1. The summed E-state index contributed by atoms with van der Waals surface area (Å²) in [5.41, 5.74) is 7.70. The van der Waals surface area contributed by atoms with E-state index in [1.807, 2.05) is 0 Å². The summed E-state index contributed by atoms with van der Waals surface area (Å²) in [7, 11) is 0. The lowest BCUT2D eigenvalue weighted by atomic mass is 9.95. The summed E-state index contributed by atoms with van der Waals surface area (Å²) in [6, 6.07) is 6.72. The number of anilines is 1. The fourth-order valence-electron chi connectivity index (χ4n) is 3.28.